The number of rotatable bonds is 7. The van der Waals surface area contributed by atoms with Crippen LogP contribution in [0.3, 0.4) is 0 Å². The molecule has 0 spiro atoms. The summed E-state index contributed by atoms with van der Waals surface area (Å²) in [6, 6.07) is 11.1. The van der Waals surface area contributed by atoms with Crippen molar-refractivity contribution in [3.8, 4) is 11.3 Å². The van der Waals surface area contributed by atoms with Crippen LogP contribution < -0.4 is 10.6 Å². The highest BCUT2D eigenvalue weighted by Crippen LogP contribution is 2.28. The molecule has 0 unspecified atom stereocenters. The van der Waals surface area contributed by atoms with Crippen LogP contribution in [-0.4, -0.2) is 32.2 Å². The van der Waals surface area contributed by atoms with E-state index in [1.165, 1.54) is 0 Å². The zero-order valence-electron chi connectivity index (χ0n) is 15.7. The highest BCUT2D eigenvalue weighted by atomic mass is 35.5. The fourth-order valence-electron chi connectivity index (χ4n) is 2.74. The number of hydrogen-bond acceptors (Lipinski definition) is 5. The molecule has 0 saturated carbocycles. The third-order valence-corrected chi connectivity index (χ3v) is 4.42. The Bertz CT molecular complexity index is 971. The van der Waals surface area contributed by atoms with E-state index in [0.29, 0.717) is 34.3 Å². The maximum atomic E-state index is 12.5. The molecule has 28 heavy (non-hydrogen) atoms. The van der Waals surface area contributed by atoms with E-state index >= 15 is 0 Å². The van der Waals surface area contributed by atoms with Crippen molar-refractivity contribution in [1.82, 2.24) is 20.5 Å². The Hall–Kier alpha value is -2.90. The third kappa shape index (κ3) is 4.68. The van der Waals surface area contributed by atoms with Gasteiger partial charge in [0.25, 0.3) is 5.91 Å². The minimum absolute atomic E-state index is 0.0759. The summed E-state index contributed by atoms with van der Waals surface area (Å²) in [5.74, 6) is 0.390. The summed E-state index contributed by atoms with van der Waals surface area (Å²) in [5, 5.41) is 22.8. The van der Waals surface area contributed by atoms with E-state index in [1.54, 1.807) is 18.3 Å². The van der Waals surface area contributed by atoms with Crippen LogP contribution in [0.4, 0.5) is 5.82 Å². The first-order valence-corrected chi connectivity index (χ1v) is 9.29. The fourth-order valence-corrected chi connectivity index (χ4v) is 2.94. The Morgan fingerprint density at radius 2 is 2.00 bits per heavy atom. The molecule has 0 aliphatic heterocycles. The number of aromatic amines is 1. The van der Waals surface area contributed by atoms with Crippen molar-refractivity contribution in [2.75, 3.05) is 5.32 Å². The average Bonchev–Trinajstić information content (AvgIpc) is 3.17. The molecule has 0 fully saturated rings. The zero-order valence-corrected chi connectivity index (χ0v) is 16.4. The summed E-state index contributed by atoms with van der Waals surface area (Å²) < 4.78 is 0. The summed E-state index contributed by atoms with van der Waals surface area (Å²) in [4.78, 5) is 16.7. The van der Waals surface area contributed by atoms with Gasteiger partial charge >= 0.3 is 0 Å². The van der Waals surface area contributed by atoms with E-state index in [4.69, 9.17) is 11.6 Å². The lowest BCUT2D eigenvalue weighted by Gasteiger charge is -2.10. The van der Waals surface area contributed by atoms with Gasteiger partial charge in [-0.1, -0.05) is 35.9 Å². The molecule has 146 valence electrons. The van der Waals surface area contributed by atoms with E-state index in [-0.39, 0.29) is 18.6 Å². The molecule has 8 heteroatoms. The lowest BCUT2D eigenvalue weighted by Crippen LogP contribution is -2.23. The molecule has 0 saturated heterocycles. The van der Waals surface area contributed by atoms with Crippen LogP contribution in [0.1, 0.15) is 35.5 Å². The summed E-state index contributed by atoms with van der Waals surface area (Å²) in [6.07, 6.45) is 1.56. The molecule has 4 N–H and O–H groups in total. The Kier molecular flexibility index (Phi) is 6.28. The molecule has 3 rings (SSSR count). The standard InChI is InChI=1S/C20H22ClN5O2/c1-12(2)24-19-7-15(16(21)10-22-19)17-8-18(26-25-17)20(28)23-9-13-5-3-4-6-14(13)11-27/h3-8,10,12,27H,9,11H2,1-2H3,(H,22,24)(H,23,28)(H,25,26). The van der Waals surface area contributed by atoms with E-state index in [0.717, 1.165) is 11.1 Å². The summed E-state index contributed by atoms with van der Waals surface area (Å²) in [6.45, 7) is 4.26. The van der Waals surface area contributed by atoms with Gasteiger partial charge in [-0.25, -0.2) is 4.98 Å². The third-order valence-electron chi connectivity index (χ3n) is 4.12. The van der Waals surface area contributed by atoms with Crippen molar-refractivity contribution < 1.29 is 9.90 Å². The van der Waals surface area contributed by atoms with E-state index in [2.05, 4.69) is 25.8 Å². The molecule has 0 aliphatic rings. The van der Waals surface area contributed by atoms with Crippen molar-refractivity contribution >= 4 is 23.3 Å². The van der Waals surface area contributed by atoms with Crippen molar-refractivity contribution in [2.24, 2.45) is 0 Å². The number of nitrogens with one attached hydrogen (secondary N) is 3. The smallest absolute Gasteiger partial charge is 0.269 e. The molecule has 0 bridgehead atoms. The monoisotopic (exact) mass is 399 g/mol. The molecule has 1 amide bonds. The number of benzene rings is 1. The Morgan fingerprint density at radius 1 is 1.25 bits per heavy atom. The van der Waals surface area contributed by atoms with Crippen LogP contribution in [0, 0.1) is 0 Å². The minimum atomic E-state index is -0.294. The molecule has 2 aromatic heterocycles. The quantitative estimate of drug-likeness (QED) is 0.487. The van der Waals surface area contributed by atoms with E-state index in [1.807, 2.05) is 38.1 Å². The zero-order chi connectivity index (χ0) is 20.1. The van der Waals surface area contributed by atoms with Gasteiger partial charge < -0.3 is 15.7 Å². The molecule has 0 radical (unpaired) electrons. The summed E-state index contributed by atoms with van der Waals surface area (Å²) in [5.41, 5.74) is 3.20. The molecule has 1 aromatic carbocycles. The highest BCUT2D eigenvalue weighted by Gasteiger charge is 2.14. The van der Waals surface area contributed by atoms with Gasteiger partial charge in [0.05, 0.1) is 17.3 Å². The minimum Gasteiger partial charge on any atom is -0.392 e. The van der Waals surface area contributed by atoms with Crippen LogP contribution in [0.15, 0.2) is 42.6 Å². The molecule has 3 aromatic rings. The van der Waals surface area contributed by atoms with Gasteiger partial charge in [-0.2, -0.15) is 5.10 Å². The molecule has 7 nitrogen and oxygen atoms in total. The number of aromatic nitrogens is 3. The number of aliphatic hydroxyl groups is 1. The van der Waals surface area contributed by atoms with E-state index in [9.17, 15) is 9.90 Å². The second-order valence-electron chi connectivity index (χ2n) is 6.62. The van der Waals surface area contributed by atoms with Crippen molar-refractivity contribution in [2.45, 2.75) is 33.0 Å². The Balaban J connectivity index is 1.74. The predicted molar refractivity (Wildman–Crippen MR) is 109 cm³/mol. The largest absolute Gasteiger partial charge is 0.392 e. The van der Waals surface area contributed by atoms with Crippen molar-refractivity contribution in [1.29, 1.82) is 0 Å². The van der Waals surface area contributed by atoms with Gasteiger partial charge in [0, 0.05) is 24.3 Å². The highest BCUT2D eigenvalue weighted by molar-refractivity contribution is 6.33. The lowest BCUT2D eigenvalue weighted by atomic mass is 10.1. The topological polar surface area (TPSA) is 103 Å². The Labute approximate surface area is 168 Å². The first kappa shape index (κ1) is 19.9. The first-order chi connectivity index (χ1) is 13.5. The lowest BCUT2D eigenvalue weighted by molar-refractivity contribution is 0.0945. The van der Waals surface area contributed by atoms with Gasteiger partial charge in [-0.15, -0.1) is 0 Å². The number of halogens is 1. The molecule has 0 aliphatic carbocycles. The number of anilines is 1. The molecule has 0 atom stereocenters. The second-order valence-corrected chi connectivity index (χ2v) is 7.03. The number of amides is 1. The van der Waals surface area contributed by atoms with Gasteiger partial charge in [0.15, 0.2) is 0 Å². The fraction of sp³-hybridized carbons (Fsp3) is 0.250. The van der Waals surface area contributed by atoms with Crippen LogP contribution in [0.5, 0.6) is 0 Å². The van der Waals surface area contributed by atoms with Gasteiger partial charge in [0.2, 0.25) is 0 Å². The summed E-state index contributed by atoms with van der Waals surface area (Å²) in [7, 11) is 0. The summed E-state index contributed by atoms with van der Waals surface area (Å²) >= 11 is 6.26. The number of H-pyrrole nitrogens is 1. The number of hydrogen-bond donors (Lipinski definition) is 4. The number of nitrogens with zero attached hydrogens (tertiary/aromatic N) is 2. The van der Waals surface area contributed by atoms with E-state index < -0.39 is 0 Å². The van der Waals surface area contributed by atoms with Crippen LogP contribution in [-0.2, 0) is 13.2 Å². The molecule has 2 heterocycles. The maximum Gasteiger partial charge on any atom is 0.269 e. The van der Waals surface area contributed by atoms with Gasteiger partial charge in [-0.3, -0.25) is 9.89 Å². The SMILES string of the molecule is CC(C)Nc1cc(-c2cc(C(=O)NCc3ccccc3CO)[nH]n2)c(Cl)cn1. The molecular formula is C20H22ClN5O2. The number of aliphatic hydroxyl groups excluding tert-OH is 1. The average molecular weight is 400 g/mol. The number of carbonyl (C=O) groups excluding carboxylic acids is 1. The maximum absolute atomic E-state index is 12.5. The van der Waals surface area contributed by atoms with Crippen LogP contribution in [0.2, 0.25) is 5.02 Å². The normalized spacial score (nSPS) is 10.9. The van der Waals surface area contributed by atoms with Crippen molar-refractivity contribution in [3.05, 3.63) is 64.4 Å². The predicted octanol–water partition coefficient (Wildman–Crippen LogP) is 3.37. The number of pyridine rings is 1. The van der Waals surface area contributed by atoms with Crippen molar-refractivity contribution in [3.63, 3.8) is 0 Å². The van der Waals surface area contributed by atoms with Crippen LogP contribution >= 0.6 is 11.6 Å². The second kappa shape index (κ2) is 8.86. The number of carbonyl (C=O) groups is 1. The van der Waals surface area contributed by atoms with Gasteiger partial charge in [0.1, 0.15) is 11.5 Å². The first-order valence-electron chi connectivity index (χ1n) is 8.91. The Morgan fingerprint density at radius 3 is 2.71 bits per heavy atom. The van der Waals surface area contributed by atoms with Gasteiger partial charge in [-0.05, 0) is 37.1 Å². The molecular weight excluding hydrogens is 378 g/mol. The van der Waals surface area contributed by atoms with Crippen LogP contribution in [0.25, 0.3) is 11.3 Å².